The molecule has 0 saturated carbocycles. The fraction of sp³-hybridized carbons (Fsp3) is 0.526. The van der Waals surface area contributed by atoms with Crippen LogP contribution < -0.4 is 10.2 Å². The minimum absolute atomic E-state index is 0.138. The van der Waals surface area contributed by atoms with Gasteiger partial charge in [-0.2, -0.15) is 0 Å². The number of piperidine rings is 1. The van der Waals surface area contributed by atoms with Crippen LogP contribution >= 0.6 is 0 Å². The summed E-state index contributed by atoms with van der Waals surface area (Å²) in [6, 6.07) is 1.94. The first kappa shape index (κ1) is 19.2. The summed E-state index contributed by atoms with van der Waals surface area (Å²) in [5.41, 5.74) is 2.39. The van der Waals surface area contributed by atoms with E-state index < -0.39 is 0 Å². The van der Waals surface area contributed by atoms with Crippen LogP contribution in [0.5, 0.6) is 0 Å². The van der Waals surface area contributed by atoms with Crippen molar-refractivity contribution >= 4 is 28.7 Å². The number of pyridine rings is 1. The van der Waals surface area contributed by atoms with Gasteiger partial charge in [0, 0.05) is 37.6 Å². The molecule has 1 aliphatic heterocycles. The lowest BCUT2D eigenvalue weighted by atomic mass is 9.95. The van der Waals surface area contributed by atoms with Gasteiger partial charge in [0.25, 0.3) is 0 Å². The quantitative estimate of drug-likeness (QED) is 0.817. The smallest absolute Gasteiger partial charge is 0.240 e. The van der Waals surface area contributed by atoms with Crippen molar-refractivity contribution in [1.82, 2.24) is 25.2 Å². The number of rotatable bonds is 6. The van der Waals surface area contributed by atoms with Gasteiger partial charge in [-0.15, -0.1) is 0 Å². The van der Waals surface area contributed by atoms with E-state index in [0.717, 1.165) is 37.4 Å². The summed E-state index contributed by atoms with van der Waals surface area (Å²) in [6.07, 6.45) is 6.43. The number of nitrogens with zero attached hydrogens (tertiary/aromatic N) is 5. The Kier molecular flexibility index (Phi) is 6.28. The molecule has 0 radical (unpaired) electrons. The van der Waals surface area contributed by atoms with Crippen molar-refractivity contribution in [3.8, 4) is 0 Å². The molecular formula is C19H26N6O2. The maximum atomic E-state index is 12.4. The normalized spacial score (nSPS) is 15.3. The maximum absolute atomic E-state index is 12.4. The number of amides is 2. The summed E-state index contributed by atoms with van der Waals surface area (Å²) in [4.78, 5) is 41.6. The number of aromatic nitrogens is 3. The minimum atomic E-state index is -0.221. The molecule has 1 saturated heterocycles. The fourth-order valence-corrected chi connectivity index (χ4v) is 3.43. The molecule has 2 amide bonds. The van der Waals surface area contributed by atoms with Crippen LogP contribution in [0.3, 0.4) is 0 Å². The summed E-state index contributed by atoms with van der Waals surface area (Å²) < 4.78 is 0. The Hall–Kier alpha value is -2.61. The molecule has 0 aliphatic carbocycles. The molecule has 3 heterocycles. The molecule has 1 N–H and O–H groups in total. The first-order chi connectivity index (χ1) is 13.1. The van der Waals surface area contributed by atoms with Gasteiger partial charge in [0.2, 0.25) is 11.8 Å². The highest BCUT2D eigenvalue weighted by molar-refractivity contribution is 5.97. The van der Waals surface area contributed by atoms with E-state index in [2.05, 4.69) is 25.2 Å². The second-order valence-corrected chi connectivity index (χ2v) is 6.69. The third-order valence-electron chi connectivity index (χ3n) is 5.08. The van der Waals surface area contributed by atoms with E-state index in [1.54, 1.807) is 18.6 Å². The lowest BCUT2D eigenvalue weighted by Gasteiger charge is -2.33. The van der Waals surface area contributed by atoms with E-state index in [0.29, 0.717) is 18.5 Å². The number of imide groups is 1. The van der Waals surface area contributed by atoms with Gasteiger partial charge in [0.1, 0.15) is 5.52 Å². The number of hydrogen-bond donors (Lipinski definition) is 1. The van der Waals surface area contributed by atoms with E-state index in [4.69, 9.17) is 0 Å². The number of hydrogen-bond acceptors (Lipinski definition) is 7. The van der Waals surface area contributed by atoms with Crippen molar-refractivity contribution in [1.29, 1.82) is 0 Å². The molecule has 0 unspecified atom stereocenters. The van der Waals surface area contributed by atoms with Crippen molar-refractivity contribution in [2.75, 3.05) is 37.6 Å². The zero-order chi connectivity index (χ0) is 19.2. The van der Waals surface area contributed by atoms with Crippen LogP contribution in [0.15, 0.2) is 24.7 Å². The average molecular weight is 370 g/mol. The highest BCUT2D eigenvalue weighted by Crippen LogP contribution is 2.27. The Bertz CT molecular complexity index is 794. The molecular weight excluding hydrogens is 344 g/mol. The zero-order valence-electron chi connectivity index (χ0n) is 15.9. The highest BCUT2D eigenvalue weighted by Gasteiger charge is 2.27. The molecule has 3 rings (SSSR count). The number of likely N-dealkylation sites (N-methyl/N-ethyl adjacent to an activating group) is 1. The summed E-state index contributed by atoms with van der Waals surface area (Å²) in [7, 11) is 0. The van der Waals surface area contributed by atoms with Gasteiger partial charge in [-0.1, -0.05) is 13.8 Å². The second kappa shape index (κ2) is 8.85. The molecule has 1 aliphatic rings. The van der Waals surface area contributed by atoms with Crippen LogP contribution in [0.25, 0.3) is 11.2 Å². The summed E-state index contributed by atoms with van der Waals surface area (Å²) in [6.45, 7) is 7.32. The van der Waals surface area contributed by atoms with Crippen LogP contribution in [0, 0.1) is 5.92 Å². The molecule has 8 nitrogen and oxygen atoms in total. The molecule has 0 bridgehead atoms. The van der Waals surface area contributed by atoms with Crippen LogP contribution in [-0.2, 0) is 9.59 Å². The SMILES string of the molecule is CCN(CC)CC(=O)NC(=O)C1CCN(c2ccnc3nccnc23)CC1. The second-order valence-electron chi connectivity index (χ2n) is 6.69. The third-order valence-corrected chi connectivity index (χ3v) is 5.08. The predicted octanol–water partition coefficient (Wildman–Crippen LogP) is 1.23. The van der Waals surface area contributed by atoms with E-state index in [9.17, 15) is 9.59 Å². The number of anilines is 1. The molecule has 0 aromatic carbocycles. The topological polar surface area (TPSA) is 91.3 Å². The molecule has 27 heavy (non-hydrogen) atoms. The minimum Gasteiger partial charge on any atom is -0.370 e. The fourth-order valence-electron chi connectivity index (χ4n) is 3.43. The van der Waals surface area contributed by atoms with E-state index in [1.165, 1.54) is 0 Å². The van der Waals surface area contributed by atoms with Gasteiger partial charge >= 0.3 is 0 Å². The average Bonchev–Trinajstić information content (AvgIpc) is 2.71. The number of carbonyl (C=O) groups is 2. The molecule has 8 heteroatoms. The van der Waals surface area contributed by atoms with Gasteiger partial charge in [0.15, 0.2) is 5.65 Å². The molecule has 2 aromatic rings. The number of carbonyl (C=O) groups excluding carboxylic acids is 2. The van der Waals surface area contributed by atoms with Gasteiger partial charge in [-0.25, -0.2) is 15.0 Å². The monoisotopic (exact) mass is 370 g/mol. The maximum Gasteiger partial charge on any atom is 0.240 e. The van der Waals surface area contributed by atoms with Gasteiger partial charge in [0.05, 0.1) is 12.2 Å². The Morgan fingerprint density at radius 2 is 1.78 bits per heavy atom. The zero-order valence-corrected chi connectivity index (χ0v) is 15.9. The summed E-state index contributed by atoms with van der Waals surface area (Å²) in [5, 5.41) is 2.56. The lowest BCUT2D eigenvalue weighted by molar-refractivity contribution is -0.133. The van der Waals surface area contributed by atoms with Crippen LogP contribution in [-0.4, -0.2) is 64.4 Å². The van der Waals surface area contributed by atoms with Crippen molar-refractivity contribution in [2.45, 2.75) is 26.7 Å². The van der Waals surface area contributed by atoms with Crippen LogP contribution in [0.2, 0.25) is 0 Å². The van der Waals surface area contributed by atoms with Gasteiger partial charge in [-0.3, -0.25) is 19.8 Å². The Morgan fingerprint density at radius 1 is 1.11 bits per heavy atom. The highest BCUT2D eigenvalue weighted by atomic mass is 16.2. The molecule has 1 fully saturated rings. The Morgan fingerprint density at radius 3 is 2.48 bits per heavy atom. The van der Waals surface area contributed by atoms with Crippen LogP contribution in [0.1, 0.15) is 26.7 Å². The van der Waals surface area contributed by atoms with E-state index in [-0.39, 0.29) is 24.3 Å². The molecule has 2 aromatic heterocycles. The third kappa shape index (κ3) is 4.57. The Balaban J connectivity index is 1.57. The predicted molar refractivity (Wildman–Crippen MR) is 103 cm³/mol. The summed E-state index contributed by atoms with van der Waals surface area (Å²) >= 11 is 0. The van der Waals surface area contributed by atoms with Crippen molar-refractivity contribution in [3.63, 3.8) is 0 Å². The number of fused-ring (bicyclic) bond motifs is 1. The van der Waals surface area contributed by atoms with E-state index >= 15 is 0 Å². The molecule has 144 valence electrons. The van der Waals surface area contributed by atoms with Crippen molar-refractivity contribution < 1.29 is 9.59 Å². The molecule has 0 atom stereocenters. The van der Waals surface area contributed by atoms with Gasteiger partial charge < -0.3 is 4.90 Å². The largest absolute Gasteiger partial charge is 0.370 e. The van der Waals surface area contributed by atoms with Gasteiger partial charge in [-0.05, 0) is 32.0 Å². The first-order valence-electron chi connectivity index (χ1n) is 9.49. The van der Waals surface area contributed by atoms with Crippen molar-refractivity contribution in [2.24, 2.45) is 5.92 Å². The van der Waals surface area contributed by atoms with Crippen molar-refractivity contribution in [3.05, 3.63) is 24.7 Å². The Labute approximate surface area is 159 Å². The lowest BCUT2D eigenvalue weighted by Crippen LogP contribution is -2.45. The number of nitrogens with one attached hydrogen (secondary N) is 1. The first-order valence-corrected chi connectivity index (χ1v) is 9.49. The van der Waals surface area contributed by atoms with E-state index in [1.807, 2.05) is 24.8 Å². The standard InChI is InChI=1S/C19H26N6O2/c1-3-24(4-2)13-16(26)23-19(27)14-6-11-25(12-7-14)15-5-8-21-18-17(15)20-9-10-22-18/h5,8-10,14H,3-4,6-7,11-13H2,1-2H3,(H,23,26,27). The summed E-state index contributed by atoms with van der Waals surface area (Å²) in [5.74, 6) is -0.520. The van der Waals surface area contributed by atoms with Crippen LogP contribution in [0.4, 0.5) is 5.69 Å². The molecule has 0 spiro atoms.